The Morgan fingerprint density at radius 3 is 2.59 bits per heavy atom. The van der Waals surface area contributed by atoms with Crippen LogP contribution in [-0.4, -0.2) is 48.1 Å². The summed E-state index contributed by atoms with van der Waals surface area (Å²) in [6, 6.07) is 8.52. The fraction of sp³-hybridized carbons (Fsp3) is 0.280. The van der Waals surface area contributed by atoms with Gasteiger partial charge in [-0.2, -0.15) is 9.37 Å². The van der Waals surface area contributed by atoms with Crippen molar-refractivity contribution >= 4 is 23.3 Å². The van der Waals surface area contributed by atoms with Crippen LogP contribution in [0.3, 0.4) is 0 Å². The lowest BCUT2D eigenvalue weighted by Gasteiger charge is -2.34. The van der Waals surface area contributed by atoms with Crippen molar-refractivity contribution < 1.29 is 17.9 Å². The molecule has 2 aromatic carbocycles. The number of anilines is 3. The average molecular weight is 467 g/mol. The van der Waals surface area contributed by atoms with Crippen molar-refractivity contribution in [3.63, 3.8) is 0 Å². The van der Waals surface area contributed by atoms with Gasteiger partial charge >= 0.3 is 0 Å². The monoisotopic (exact) mass is 467 g/mol. The predicted octanol–water partition coefficient (Wildman–Crippen LogP) is 5.14. The molecular weight excluding hydrogens is 443 g/mol. The van der Waals surface area contributed by atoms with E-state index in [0.717, 1.165) is 49.8 Å². The van der Waals surface area contributed by atoms with E-state index < -0.39 is 29.1 Å². The largest absolute Gasteiger partial charge is 0.433 e. The van der Waals surface area contributed by atoms with Crippen molar-refractivity contribution in [2.24, 2.45) is 0 Å². The zero-order chi connectivity index (χ0) is 23.8. The van der Waals surface area contributed by atoms with Crippen molar-refractivity contribution in [2.45, 2.75) is 13.3 Å². The standard InChI is InChI=1S/C25H24F3N5O/c1-15-10-18-19(11-15)22(27)21(13-20(18)26)34-25-23(28)24(29-14-30-25)31-16-4-3-5-17(12-16)33-8-6-32(2)7-9-33/h3-5,11-14H,6-10H2,1-2H3,(H,29,30,31). The van der Waals surface area contributed by atoms with Crippen LogP contribution in [0.1, 0.15) is 18.1 Å². The summed E-state index contributed by atoms with van der Waals surface area (Å²) < 4.78 is 49.9. The molecule has 5 rings (SSSR count). The van der Waals surface area contributed by atoms with Gasteiger partial charge in [-0.05, 0) is 38.6 Å². The van der Waals surface area contributed by atoms with Crippen LogP contribution >= 0.6 is 0 Å². The lowest BCUT2D eigenvalue weighted by atomic mass is 10.1. The lowest BCUT2D eigenvalue weighted by molar-refractivity contribution is 0.313. The molecule has 34 heavy (non-hydrogen) atoms. The second kappa shape index (κ2) is 8.98. The predicted molar refractivity (Wildman–Crippen MR) is 125 cm³/mol. The van der Waals surface area contributed by atoms with Crippen molar-refractivity contribution in [1.82, 2.24) is 14.9 Å². The Morgan fingerprint density at radius 2 is 1.79 bits per heavy atom. The average Bonchev–Trinajstić information content (AvgIpc) is 3.23. The molecule has 1 aromatic heterocycles. The number of fused-ring (bicyclic) bond motifs is 1. The van der Waals surface area contributed by atoms with Crippen LogP contribution in [0.2, 0.25) is 0 Å². The first-order chi connectivity index (χ1) is 16.4. The Bertz CT molecular complexity index is 1270. The summed E-state index contributed by atoms with van der Waals surface area (Å²) in [7, 11) is 2.09. The van der Waals surface area contributed by atoms with Crippen LogP contribution in [0.15, 0.2) is 42.2 Å². The Labute approximate surface area is 195 Å². The number of allylic oxidation sites excluding steroid dienone is 1. The molecule has 1 aliphatic carbocycles. The van der Waals surface area contributed by atoms with Gasteiger partial charge in [-0.25, -0.2) is 13.8 Å². The molecule has 0 radical (unpaired) electrons. The van der Waals surface area contributed by atoms with Gasteiger partial charge in [0, 0.05) is 54.7 Å². The molecule has 3 aromatic rings. The zero-order valence-electron chi connectivity index (χ0n) is 18.9. The number of aromatic nitrogens is 2. The van der Waals surface area contributed by atoms with Gasteiger partial charge in [0.1, 0.15) is 12.1 Å². The molecule has 1 aliphatic heterocycles. The Morgan fingerprint density at radius 1 is 1.00 bits per heavy atom. The Balaban J connectivity index is 1.38. The fourth-order valence-electron chi connectivity index (χ4n) is 4.24. The van der Waals surface area contributed by atoms with E-state index in [0.29, 0.717) is 12.1 Å². The summed E-state index contributed by atoms with van der Waals surface area (Å²) in [5.74, 6) is -3.31. The molecule has 9 heteroatoms. The van der Waals surface area contributed by atoms with Crippen molar-refractivity contribution in [3.8, 4) is 11.6 Å². The van der Waals surface area contributed by atoms with Gasteiger partial charge < -0.3 is 19.9 Å². The number of rotatable bonds is 5. The van der Waals surface area contributed by atoms with Gasteiger partial charge in [-0.1, -0.05) is 17.7 Å². The quantitative estimate of drug-likeness (QED) is 0.561. The molecule has 0 atom stereocenters. The highest BCUT2D eigenvalue weighted by Crippen LogP contribution is 2.37. The molecule has 1 fully saturated rings. The second-order valence-electron chi connectivity index (χ2n) is 8.64. The van der Waals surface area contributed by atoms with Crippen molar-refractivity contribution in [1.29, 1.82) is 0 Å². The third kappa shape index (κ3) is 4.31. The van der Waals surface area contributed by atoms with Gasteiger partial charge in [0.05, 0.1) is 0 Å². The summed E-state index contributed by atoms with van der Waals surface area (Å²) in [5, 5.41) is 2.94. The van der Waals surface area contributed by atoms with E-state index >= 15 is 4.39 Å². The first-order valence-electron chi connectivity index (χ1n) is 11.1. The molecule has 0 unspecified atom stereocenters. The molecule has 0 spiro atoms. The number of nitrogens with one attached hydrogen (secondary N) is 1. The second-order valence-corrected chi connectivity index (χ2v) is 8.64. The number of hydrogen-bond donors (Lipinski definition) is 1. The first-order valence-corrected chi connectivity index (χ1v) is 11.1. The van der Waals surface area contributed by atoms with E-state index in [9.17, 15) is 8.78 Å². The van der Waals surface area contributed by atoms with Crippen LogP contribution in [-0.2, 0) is 6.42 Å². The maximum absolute atomic E-state index is 15.2. The van der Waals surface area contributed by atoms with E-state index in [1.165, 1.54) is 0 Å². The molecular formula is C25H24F3N5O. The highest BCUT2D eigenvalue weighted by Gasteiger charge is 2.24. The summed E-state index contributed by atoms with van der Waals surface area (Å²) in [6.45, 7) is 5.53. The molecule has 6 nitrogen and oxygen atoms in total. The Hall–Kier alpha value is -3.59. The normalized spacial score (nSPS) is 15.8. The molecule has 2 aliphatic rings. The highest BCUT2D eigenvalue weighted by atomic mass is 19.1. The summed E-state index contributed by atoms with van der Waals surface area (Å²) in [5.41, 5.74) is 2.89. The summed E-state index contributed by atoms with van der Waals surface area (Å²) in [4.78, 5) is 12.3. The van der Waals surface area contributed by atoms with Gasteiger partial charge in [0.15, 0.2) is 17.4 Å². The van der Waals surface area contributed by atoms with Crippen LogP contribution in [0.25, 0.3) is 6.08 Å². The van der Waals surface area contributed by atoms with Crippen LogP contribution < -0.4 is 15.0 Å². The van der Waals surface area contributed by atoms with Crippen molar-refractivity contribution in [3.05, 3.63) is 70.8 Å². The van der Waals surface area contributed by atoms with Crippen LogP contribution in [0.4, 0.5) is 30.4 Å². The van der Waals surface area contributed by atoms with E-state index in [1.807, 2.05) is 18.2 Å². The van der Waals surface area contributed by atoms with Crippen LogP contribution in [0, 0.1) is 17.5 Å². The molecule has 1 N–H and O–H groups in total. The minimum Gasteiger partial charge on any atom is -0.433 e. The third-order valence-electron chi connectivity index (χ3n) is 6.11. The highest BCUT2D eigenvalue weighted by molar-refractivity contribution is 5.67. The topological polar surface area (TPSA) is 53.5 Å². The first kappa shape index (κ1) is 22.2. The maximum Gasteiger partial charge on any atom is 0.261 e. The number of benzene rings is 2. The molecule has 0 amide bonds. The molecule has 176 valence electrons. The number of ether oxygens (including phenoxy) is 1. The number of halogens is 3. The summed E-state index contributed by atoms with van der Waals surface area (Å²) >= 11 is 0. The fourth-order valence-corrected chi connectivity index (χ4v) is 4.24. The summed E-state index contributed by atoms with van der Waals surface area (Å²) in [6.07, 6.45) is 3.01. The van der Waals surface area contributed by atoms with Gasteiger partial charge in [0.2, 0.25) is 5.82 Å². The minimum absolute atomic E-state index is 0.126. The molecule has 1 saturated heterocycles. The van der Waals surface area contributed by atoms with Gasteiger partial charge in [0.25, 0.3) is 5.88 Å². The molecule has 0 bridgehead atoms. The third-order valence-corrected chi connectivity index (χ3v) is 6.11. The molecule has 0 saturated carbocycles. The number of nitrogens with zero attached hydrogens (tertiary/aromatic N) is 4. The maximum atomic E-state index is 15.2. The van der Waals surface area contributed by atoms with E-state index in [1.54, 1.807) is 19.1 Å². The number of hydrogen-bond acceptors (Lipinski definition) is 6. The van der Waals surface area contributed by atoms with Gasteiger partial charge in [-0.3, -0.25) is 0 Å². The number of likely N-dealkylation sites (N-methyl/N-ethyl adjacent to an activating group) is 1. The Kier molecular flexibility index (Phi) is 5.87. The lowest BCUT2D eigenvalue weighted by Crippen LogP contribution is -2.44. The van der Waals surface area contributed by atoms with Gasteiger partial charge in [-0.15, -0.1) is 0 Å². The SMILES string of the molecule is CC1=Cc2c(F)c(Oc3ncnc(Nc4cccc(N5CCN(C)CC5)c4)c3F)cc(F)c2C1. The smallest absolute Gasteiger partial charge is 0.261 e. The van der Waals surface area contributed by atoms with E-state index in [4.69, 9.17) is 4.74 Å². The van der Waals surface area contributed by atoms with E-state index in [2.05, 4.69) is 32.1 Å². The zero-order valence-corrected chi connectivity index (χ0v) is 18.9. The van der Waals surface area contributed by atoms with E-state index in [-0.39, 0.29) is 16.9 Å². The van der Waals surface area contributed by atoms with Crippen LogP contribution in [0.5, 0.6) is 11.6 Å². The minimum atomic E-state index is -0.903. The number of piperazine rings is 1. The van der Waals surface area contributed by atoms with Crippen molar-refractivity contribution in [2.75, 3.05) is 43.4 Å². The molecule has 2 heterocycles.